The highest BCUT2D eigenvalue weighted by molar-refractivity contribution is 7.92. The average molecular weight is 774 g/mol. The molecule has 0 radical (unpaired) electrons. The molecule has 5 rings (SSSR count). The van der Waals surface area contributed by atoms with Crippen LogP contribution in [-0.2, 0) is 21.2 Å². The molecule has 0 bridgehead atoms. The van der Waals surface area contributed by atoms with Crippen LogP contribution in [-0.4, -0.2) is 97.1 Å². The average Bonchev–Trinajstić information content (AvgIpc) is 3.90. The van der Waals surface area contributed by atoms with E-state index in [0.29, 0.717) is 28.3 Å². The number of rotatable bonds is 16. The molecular weight excluding hydrogens is 733 g/mol. The van der Waals surface area contributed by atoms with Crippen LogP contribution in [0, 0.1) is 11.1 Å². The van der Waals surface area contributed by atoms with Crippen molar-refractivity contribution in [2.45, 2.75) is 32.0 Å². The number of hydrogen-bond acceptors (Lipinski definition) is 10. The second-order valence-electron chi connectivity index (χ2n) is 12.6. The number of likely N-dealkylation sites (N-methyl/N-ethyl adjacent to an activating group) is 1. The molecule has 12 nitrogen and oxygen atoms in total. The Hall–Kier alpha value is -3.63. The normalized spacial score (nSPS) is 16.2. The lowest BCUT2D eigenvalue weighted by molar-refractivity contribution is -0.605. The van der Waals surface area contributed by atoms with Crippen molar-refractivity contribution in [1.29, 1.82) is 0 Å². The molecule has 2 aromatic carbocycles. The molecule has 2 fully saturated rings. The molecule has 0 unspecified atom stereocenters. The second kappa shape index (κ2) is 16.8. The first kappa shape index (κ1) is 38.6. The smallest absolute Gasteiger partial charge is 0.387 e. The van der Waals surface area contributed by atoms with E-state index in [-0.39, 0.29) is 58.1 Å². The maximum Gasteiger partial charge on any atom is 0.387 e. The summed E-state index contributed by atoms with van der Waals surface area (Å²) in [5.74, 6) is -0.488. The number of aromatic nitrogens is 1. The summed E-state index contributed by atoms with van der Waals surface area (Å²) < 4.78 is 76.4. The van der Waals surface area contributed by atoms with E-state index in [0.717, 1.165) is 57.7 Å². The Morgan fingerprint density at radius 2 is 1.71 bits per heavy atom. The SMILES string of the molecule is COc1ccc(C(=O)O[C@@H](Cc2c(Cl)c[n+]([O-])cc2Cl)c2ccc(OC(F)F)c(OCC3CC3)c2)cc1N(CCN1CCN(C)CC1)S(C)(=O)=O. The minimum atomic E-state index is -3.82. The van der Waals surface area contributed by atoms with Crippen molar-refractivity contribution in [2.24, 2.45) is 5.92 Å². The number of methoxy groups -OCH3 is 1. The second-order valence-corrected chi connectivity index (χ2v) is 15.3. The summed E-state index contributed by atoms with van der Waals surface area (Å²) in [4.78, 5) is 18.3. The third-order valence-electron chi connectivity index (χ3n) is 8.72. The van der Waals surface area contributed by atoms with Crippen LogP contribution in [0.2, 0.25) is 10.0 Å². The van der Waals surface area contributed by atoms with Crippen molar-refractivity contribution in [3.63, 3.8) is 0 Å². The van der Waals surface area contributed by atoms with Crippen molar-refractivity contribution in [2.75, 3.05) is 70.6 Å². The summed E-state index contributed by atoms with van der Waals surface area (Å²) in [5, 5.41) is 12.0. The summed E-state index contributed by atoms with van der Waals surface area (Å²) in [5.41, 5.74) is 0.785. The molecule has 0 N–H and O–H groups in total. The Labute approximate surface area is 306 Å². The van der Waals surface area contributed by atoms with E-state index < -0.39 is 28.7 Å². The third-order valence-corrected chi connectivity index (χ3v) is 10.6. The Balaban J connectivity index is 1.47. The molecule has 17 heteroatoms. The highest BCUT2D eigenvalue weighted by Gasteiger charge is 2.29. The summed E-state index contributed by atoms with van der Waals surface area (Å²) in [6.45, 7) is 1.03. The highest BCUT2D eigenvalue weighted by Crippen LogP contribution is 2.39. The van der Waals surface area contributed by atoms with Gasteiger partial charge in [-0.25, -0.2) is 13.2 Å². The van der Waals surface area contributed by atoms with E-state index in [1.807, 2.05) is 7.05 Å². The number of carbonyl (C=O) groups is 1. The van der Waals surface area contributed by atoms with Gasteiger partial charge < -0.3 is 29.1 Å². The molecule has 0 spiro atoms. The Bertz CT molecular complexity index is 1790. The van der Waals surface area contributed by atoms with Crippen LogP contribution in [0.1, 0.15) is 40.4 Å². The lowest BCUT2D eigenvalue weighted by Crippen LogP contribution is -2.47. The van der Waals surface area contributed by atoms with E-state index in [9.17, 15) is 27.2 Å². The standard InChI is InChI=1S/C34H40Cl2F2N4O8S/c1-39-10-12-40(13-11-39)14-15-42(51(3,45)46)28-16-24(7-8-29(28)47-2)33(43)49-31(18-25-26(35)19-41(44)20-27(25)36)23-6-9-30(50-34(37)38)32(17-23)48-21-22-4-5-22/h6-9,16-17,19-20,22,31,34H,4-5,10-15,18,21H2,1-3H3/t31-/m0/s1. The number of piperazine rings is 1. The summed E-state index contributed by atoms with van der Waals surface area (Å²) in [7, 11) is -0.390. The minimum Gasteiger partial charge on any atom is -0.619 e. The Morgan fingerprint density at radius 3 is 2.31 bits per heavy atom. The molecule has 1 aliphatic heterocycles. The lowest BCUT2D eigenvalue weighted by Gasteiger charge is -2.34. The van der Waals surface area contributed by atoms with Crippen molar-refractivity contribution in [3.05, 3.63) is 80.7 Å². The minimum absolute atomic E-state index is 0.00886. The monoisotopic (exact) mass is 772 g/mol. The predicted molar refractivity (Wildman–Crippen MR) is 188 cm³/mol. The van der Waals surface area contributed by atoms with Gasteiger partial charge in [0, 0.05) is 51.3 Å². The van der Waals surface area contributed by atoms with E-state index in [2.05, 4.69) is 14.5 Å². The summed E-state index contributed by atoms with van der Waals surface area (Å²) in [6.07, 6.45) is 3.93. The molecule has 2 aliphatic rings. The molecule has 3 aromatic rings. The molecule has 0 amide bonds. The Kier molecular flexibility index (Phi) is 12.7. The molecule has 51 heavy (non-hydrogen) atoms. The number of nitrogens with zero attached hydrogens (tertiary/aromatic N) is 4. The number of ether oxygens (including phenoxy) is 4. The van der Waals surface area contributed by atoms with Gasteiger partial charge in [0.2, 0.25) is 10.0 Å². The van der Waals surface area contributed by atoms with Crippen molar-refractivity contribution < 1.29 is 45.7 Å². The van der Waals surface area contributed by atoms with Gasteiger partial charge in [-0.15, -0.1) is 0 Å². The van der Waals surface area contributed by atoms with Crippen LogP contribution >= 0.6 is 23.2 Å². The molecule has 1 aliphatic carbocycles. The summed E-state index contributed by atoms with van der Waals surface area (Å²) in [6, 6.07) is 8.49. The van der Waals surface area contributed by atoms with E-state index in [1.54, 1.807) is 0 Å². The molecule has 278 valence electrons. The molecule has 1 aromatic heterocycles. The lowest BCUT2D eigenvalue weighted by atomic mass is 10.0. The van der Waals surface area contributed by atoms with Gasteiger partial charge in [0.05, 0.1) is 31.2 Å². The first-order chi connectivity index (χ1) is 24.2. The number of halogens is 4. The van der Waals surface area contributed by atoms with Gasteiger partial charge in [-0.3, -0.25) is 9.21 Å². The number of pyridine rings is 1. The zero-order valence-corrected chi connectivity index (χ0v) is 30.7. The van der Waals surface area contributed by atoms with Crippen molar-refractivity contribution in [1.82, 2.24) is 9.80 Å². The van der Waals surface area contributed by atoms with Gasteiger partial charge in [0.15, 0.2) is 23.9 Å². The number of hydrogen-bond donors (Lipinski definition) is 0. The first-order valence-electron chi connectivity index (χ1n) is 16.3. The van der Waals surface area contributed by atoms with Gasteiger partial charge in [-0.2, -0.15) is 13.5 Å². The van der Waals surface area contributed by atoms with Gasteiger partial charge in [-0.1, -0.05) is 29.3 Å². The van der Waals surface area contributed by atoms with Crippen LogP contribution < -0.4 is 23.2 Å². The van der Waals surface area contributed by atoms with E-state index in [4.69, 9.17) is 37.4 Å². The number of esters is 1. The van der Waals surface area contributed by atoms with Crippen LogP contribution in [0.3, 0.4) is 0 Å². The van der Waals surface area contributed by atoms with Gasteiger partial charge >= 0.3 is 12.6 Å². The number of alkyl halides is 2. The molecule has 1 saturated heterocycles. The molecule has 2 heterocycles. The number of sulfonamides is 1. The Morgan fingerprint density at radius 1 is 1.04 bits per heavy atom. The van der Waals surface area contributed by atoms with Crippen LogP contribution in [0.15, 0.2) is 48.8 Å². The number of anilines is 1. The largest absolute Gasteiger partial charge is 0.619 e. The van der Waals surface area contributed by atoms with Gasteiger partial charge in [0.25, 0.3) is 0 Å². The van der Waals surface area contributed by atoms with Crippen molar-refractivity contribution in [3.8, 4) is 17.2 Å². The highest BCUT2D eigenvalue weighted by atomic mass is 35.5. The quantitative estimate of drug-likeness (QED) is 0.109. The van der Waals surface area contributed by atoms with Crippen LogP contribution in [0.4, 0.5) is 14.5 Å². The maximum absolute atomic E-state index is 13.9. The first-order valence-corrected chi connectivity index (χ1v) is 18.9. The van der Waals surface area contributed by atoms with E-state index in [1.165, 1.54) is 47.8 Å². The van der Waals surface area contributed by atoms with E-state index >= 15 is 0 Å². The predicted octanol–water partition coefficient (Wildman–Crippen LogP) is 5.18. The molecular formula is C34H40Cl2F2N4O8S. The zero-order chi connectivity index (χ0) is 36.9. The fraction of sp³-hybridized carbons (Fsp3) is 0.471. The van der Waals surface area contributed by atoms with Gasteiger partial charge in [-0.05, 0) is 61.7 Å². The topological polar surface area (TPSA) is 125 Å². The fourth-order valence-corrected chi connectivity index (χ4v) is 7.15. The summed E-state index contributed by atoms with van der Waals surface area (Å²) >= 11 is 12.8. The van der Waals surface area contributed by atoms with Crippen LogP contribution in [0.25, 0.3) is 0 Å². The third kappa shape index (κ3) is 10.5. The van der Waals surface area contributed by atoms with Crippen LogP contribution in [0.5, 0.6) is 17.2 Å². The van der Waals surface area contributed by atoms with Crippen molar-refractivity contribution >= 4 is 44.9 Å². The number of benzene rings is 2. The zero-order valence-electron chi connectivity index (χ0n) is 28.4. The molecule has 1 saturated carbocycles. The van der Waals surface area contributed by atoms with Gasteiger partial charge in [0.1, 0.15) is 21.9 Å². The molecule has 1 atom stereocenters. The fourth-order valence-electron chi connectivity index (χ4n) is 5.64. The maximum atomic E-state index is 13.9. The number of carbonyl (C=O) groups excluding carboxylic acids is 1.